The van der Waals surface area contributed by atoms with Crippen LogP contribution in [0.3, 0.4) is 0 Å². The highest BCUT2D eigenvalue weighted by molar-refractivity contribution is 7.99. The molecule has 3 heterocycles. The third-order valence-corrected chi connectivity index (χ3v) is 4.51. The van der Waals surface area contributed by atoms with Crippen molar-refractivity contribution >= 4 is 23.5 Å². The van der Waals surface area contributed by atoms with Crippen LogP contribution >= 0.6 is 11.8 Å². The van der Waals surface area contributed by atoms with Crippen LogP contribution in [-0.2, 0) is 0 Å². The summed E-state index contributed by atoms with van der Waals surface area (Å²) in [5, 5.41) is 8.57. The lowest BCUT2D eigenvalue weighted by Gasteiger charge is -2.09. The van der Waals surface area contributed by atoms with Crippen LogP contribution in [0.4, 0.5) is 5.95 Å². The molecule has 0 saturated heterocycles. The average molecular weight is 315 g/mol. The Morgan fingerprint density at radius 2 is 2.00 bits per heavy atom. The molecule has 0 saturated carbocycles. The molecule has 0 aliphatic rings. The fourth-order valence-corrected chi connectivity index (χ4v) is 3.10. The minimum atomic E-state index is 0.654. The van der Waals surface area contributed by atoms with Gasteiger partial charge in [-0.3, -0.25) is 0 Å². The van der Waals surface area contributed by atoms with Gasteiger partial charge in [-0.2, -0.15) is 14.6 Å². The summed E-state index contributed by atoms with van der Waals surface area (Å²) in [7, 11) is 0. The lowest BCUT2D eigenvalue weighted by atomic mass is 10.3. The quantitative estimate of drug-likeness (QED) is 0.424. The molecule has 0 atom stereocenters. The van der Waals surface area contributed by atoms with E-state index in [1.165, 1.54) is 0 Å². The number of hydrogen-bond acceptors (Lipinski definition) is 7. The number of thioether (sulfide) groups is 1. The first kappa shape index (κ1) is 14.7. The topological polar surface area (TPSA) is 80.9 Å². The van der Waals surface area contributed by atoms with Gasteiger partial charge in [-0.25, -0.2) is 15.0 Å². The number of nitrogens with zero attached hydrogens (tertiary/aromatic N) is 6. The van der Waals surface area contributed by atoms with E-state index in [-0.39, 0.29) is 0 Å². The Balaban J connectivity index is 1.58. The molecule has 8 heteroatoms. The van der Waals surface area contributed by atoms with Gasteiger partial charge in [0.25, 0.3) is 5.78 Å². The first-order chi connectivity index (χ1) is 10.8. The van der Waals surface area contributed by atoms with E-state index in [9.17, 15) is 0 Å². The third-order valence-electron chi connectivity index (χ3n) is 3.26. The van der Waals surface area contributed by atoms with E-state index in [0.717, 1.165) is 35.0 Å². The molecule has 7 nitrogen and oxygen atoms in total. The molecular formula is C14H17N7S. The van der Waals surface area contributed by atoms with Crippen molar-refractivity contribution in [1.82, 2.24) is 29.5 Å². The zero-order valence-electron chi connectivity index (χ0n) is 12.5. The summed E-state index contributed by atoms with van der Waals surface area (Å²) in [5.74, 6) is 2.29. The molecular weight excluding hydrogens is 298 g/mol. The van der Waals surface area contributed by atoms with E-state index in [4.69, 9.17) is 0 Å². The fraction of sp³-hybridized carbons (Fsp3) is 0.357. The van der Waals surface area contributed by atoms with Crippen LogP contribution in [0.25, 0.3) is 5.78 Å². The fourth-order valence-electron chi connectivity index (χ4n) is 2.00. The molecule has 0 bridgehead atoms. The van der Waals surface area contributed by atoms with Crippen molar-refractivity contribution in [3.05, 3.63) is 36.0 Å². The Bertz CT molecular complexity index is 756. The van der Waals surface area contributed by atoms with Crippen molar-refractivity contribution in [3.8, 4) is 0 Å². The van der Waals surface area contributed by atoms with Crippen molar-refractivity contribution < 1.29 is 0 Å². The number of nitrogens with one attached hydrogen (secondary N) is 1. The van der Waals surface area contributed by atoms with Crippen LogP contribution in [0, 0.1) is 13.8 Å². The van der Waals surface area contributed by atoms with E-state index in [1.54, 1.807) is 41.1 Å². The van der Waals surface area contributed by atoms with E-state index in [1.807, 2.05) is 6.92 Å². The Kier molecular flexibility index (Phi) is 4.47. The minimum Gasteiger partial charge on any atom is -0.354 e. The second kappa shape index (κ2) is 6.69. The molecule has 0 aliphatic carbocycles. The SMILES string of the molecule is Cc1nc2ncnn2c(SCCCNc2ncccn2)c1C. The van der Waals surface area contributed by atoms with Gasteiger partial charge in [-0.05, 0) is 26.3 Å². The molecule has 0 unspecified atom stereocenters. The Labute approximate surface area is 132 Å². The Morgan fingerprint density at radius 3 is 2.82 bits per heavy atom. The number of fused-ring (bicyclic) bond motifs is 1. The van der Waals surface area contributed by atoms with Gasteiger partial charge in [0.15, 0.2) is 0 Å². The summed E-state index contributed by atoms with van der Waals surface area (Å²) in [6.07, 6.45) is 6.00. The normalized spacial score (nSPS) is 11.0. The standard InChI is InChI=1S/C14H17N7S/c1-10-11(2)20-14-18-9-19-21(14)12(10)22-8-4-7-17-13-15-5-3-6-16-13/h3,5-6,9H,4,7-8H2,1-2H3,(H,15,16,17). The number of aromatic nitrogens is 6. The van der Waals surface area contributed by atoms with Crippen molar-refractivity contribution in [2.75, 3.05) is 17.6 Å². The maximum absolute atomic E-state index is 4.43. The summed E-state index contributed by atoms with van der Waals surface area (Å²) < 4.78 is 1.81. The number of aryl methyl sites for hydroxylation is 1. The van der Waals surface area contributed by atoms with E-state index >= 15 is 0 Å². The van der Waals surface area contributed by atoms with Gasteiger partial charge in [0, 0.05) is 35.9 Å². The Morgan fingerprint density at radius 1 is 1.18 bits per heavy atom. The van der Waals surface area contributed by atoms with E-state index in [0.29, 0.717) is 11.7 Å². The predicted molar refractivity (Wildman–Crippen MR) is 86.1 cm³/mol. The smallest absolute Gasteiger partial charge is 0.253 e. The summed E-state index contributed by atoms with van der Waals surface area (Å²) in [6, 6.07) is 1.80. The molecule has 3 aromatic rings. The van der Waals surface area contributed by atoms with Gasteiger partial charge in [0.2, 0.25) is 5.95 Å². The summed E-state index contributed by atoms with van der Waals surface area (Å²) >= 11 is 1.77. The molecule has 0 radical (unpaired) electrons. The largest absolute Gasteiger partial charge is 0.354 e. The molecule has 0 amide bonds. The van der Waals surface area contributed by atoms with Gasteiger partial charge < -0.3 is 5.32 Å². The molecule has 0 aliphatic heterocycles. The lowest BCUT2D eigenvalue weighted by Crippen LogP contribution is -2.06. The van der Waals surface area contributed by atoms with Gasteiger partial charge in [0.05, 0.1) is 0 Å². The summed E-state index contributed by atoms with van der Waals surface area (Å²) in [4.78, 5) is 16.9. The molecule has 0 aromatic carbocycles. The number of hydrogen-bond donors (Lipinski definition) is 1. The van der Waals surface area contributed by atoms with Crippen LogP contribution in [0.2, 0.25) is 0 Å². The summed E-state index contributed by atoms with van der Waals surface area (Å²) in [5.41, 5.74) is 2.15. The van der Waals surface area contributed by atoms with Gasteiger partial charge in [-0.1, -0.05) is 0 Å². The van der Waals surface area contributed by atoms with Gasteiger partial charge >= 0.3 is 0 Å². The zero-order chi connectivity index (χ0) is 15.4. The van der Waals surface area contributed by atoms with Crippen LogP contribution in [0.1, 0.15) is 17.7 Å². The highest BCUT2D eigenvalue weighted by Crippen LogP contribution is 2.24. The van der Waals surface area contributed by atoms with Crippen LogP contribution in [0.15, 0.2) is 29.8 Å². The maximum Gasteiger partial charge on any atom is 0.253 e. The second-order valence-electron chi connectivity index (χ2n) is 4.80. The first-order valence-corrected chi connectivity index (χ1v) is 8.05. The first-order valence-electron chi connectivity index (χ1n) is 7.06. The molecule has 3 rings (SSSR count). The molecule has 1 N–H and O–H groups in total. The third kappa shape index (κ3) is 3.16. The van der Waals surface area contributed by atoms with Crippen molar-refractivity contribution in [2.24, 2.45) is 0 Å². The highest BCUT2D eigenvalue weighted by Gasteiger charge is 2.11. The van der Waals surface area contributed by atoms with Gasteiger partial charge in [0.1, 0.15) is 11.4 Å². The molecule has 0 fully saturated rings. The number of rotatable bonds is 6. The molecule has 22 heavy (non-hydrogen) atoms. The molecule has 3 aromatic heterocycles. The zero-order valence-corrected chi connectivity index (χ0v) is 13.3. The van der Waals surface area contributed by atoms with Crippen molar-refractivity contribution in [1.29, 1.82) is 0 Å². The maximum atomic E-state index is 4.43. The molecule has 0 spiro atoms. The van der Waals surface area contributed by atoms with E-state index in [2.05, 4.69) is 37.3 Å². The van der Waals surface area contributed by atoms with Crippen molar-refractivity contribution in [2.45, 2.75) is 25.3 Å². The number of anilines is 1. The highest BCUT2D eigenvalue weighted by atomic mass is 32.2. The van der Waals surface area contributed by atoms with Crippen molar-refractivity contribution in [3.63, 3.8) is 0 Å². The van der Waals surface area contributed by atoms with E-state index < -0.39 is 0 Å². The monoisotopic (exact) mass is 315 g/mol. The van der Waals surface area contributed by atoms with Gasteiger partial charge in [-0.15, -0.1) is 11.8 Å². The Hall–Kier alpha value is -2.22. The average Bonchev–Trinajstić information content (AvgIpc) is 2.99. The second-order valence-corrected chi connectivity index (χ2v) is 5.88. The van der Waals surface area contributed by atoms with Crippen LogP contribution in [-0.4, -0.2) is 41.8 Å². The summed E-state index contributed by atoms with van der Waals surface area (Å²) in [6.45, 7) is 4.91. The lowest BCUT2D eigenvalue weighted by molar-refractivity contribution is 0.812. The molecule has 114 valence electrons. The van der Waals surface area contributed by atoms with Crippen LogP contribution in [0.5, 0.6) is 0 Å². The minimum absolute atomic E-state index is 0.654. The van der Waals surface area contributed by atoms with Crippen LogP contribution < -0.4 is 5.32 Å². The predicted octanol–water partition coefficient (Wildman–Crippen LogP) is 2.13.